The number of Topliss-reactive ketones (excluding diaryl/α,β-unsaturated/α-hetero) is 1. The Bertz CT molecular complexity index is 1010. The van der Waals surface area contributed by atoms with E-state index in [-0.39, 0.29) is 11.3 Å². The summed E-state index contributed by atoms with van der Waals surface area (Å²) in [5.74, 6) is 1.80. The van der Waals surface area contributed by atoms with E-state index in [1.54, 1.807) is 7.11 Å². The van der Waals surface area contributed by atoms with Gasteiger partial charge in [-0.3, -0.25) is 9.59 Å². The molecular weight excluding hydrogens is 374 g/mol. The predicted octanol–water partition coefficient (Wildman–Crippen LogP) is 3.85. The maximum atomic E-state index is 13.1. The van der Waals surface area contributed by atoms with Crippen LogP contribution in [0, 0.1) is 0 Å². The number of rotatable bonds is 5. The lowest BCUT2D eigenvalue weighted by atomic mass is 9.76. The highest BCUT2D eigenvalue weighted by Crippen LogP contribution is 2.43. The number of aromatic nitrogens is 2. The SMILES string of the molecule is CCCSc1nc2c(c(=O)[nH]1)[C@H](c1cccc(OC)c1)C1=C(CCCC1=O)N2. The van der Waals surface area contributed by atoms with Gasteiger partial charge in [0.05, 0.1) is 12.7 Å². The molecule has 1 aromatic heterocycles. The van der Waals surface area contributed by atoms with Crippen LogP contribution in [0.2, 0.25) is 0 Å². The fourth-order valence-electron chi connectivity index (χ4n) is 3.86. The first-order chi connectivity index (χ1) is 13.6. The van der Waals surface area contributed by atoms with Gasteiger partial charge >= 0.3 is 0 Å². The minimum atomic E-state index is -0.435. The van der Waals surface area contributed by atoms with Crippen molar-refractivity contribution in [1.82, 2.24) is 9.97 Å². The third kappa shape index (κ3) is 3.35. The molecule has 0 unspecified atom stereocenters. The summed E-state index contributed by atoms with van der Waals surface area (Å²) in [6.07, 6.45) is 3.10. The third-order valence-electron chi connectivity index (χ3n) is 5.11. The fourth-order valence-corrected chi connectivity index (χ4v) is 4.58. The summed E-state index contributed by atoms with van der Waals surface area (Å²) in [7, 11) is 1.61. The summed E-state index contributed by atoms with van der Waals surface area (Å²) in [6.45, 7) is 2.09. The van der Waals surface area contributed by atoms with Crippen LogP contribution in [0.4, 0.5) is 5.82 Å². The van der Waals surface area contributed by atoms with Crippen molar-refractivity contribution in [2.24, 2.45) is 0 Å². The Hall–Kier alpha value is -2.54. The number of carbonyl (C=O) groups is 1. The number of anilines is 1. The molecule has 1 aliphatic heterocycles. The molecule has 146 valence electrons. The second-order valence-electron chi connectivity index (χ2n) is 6.99. The van der Waals surface area contributed by atoms with E-state index in [1.807, 2.05) is 24.3 Å². The Labute approximate surface area is 167 Å². The van der Waals surface area contributed by atoms with Gasteiger partial charge in [-0.2, -0.15) is 0 Å². The average Bonchev–Trinajstić information content (AvgIpc) is 2.71. The highest BCUT2D eigenvalue weighted by molar-refractivity contribution is 7.99. The average molecular weight is 398 g/mol. The zero-order chi connectivity index (χ0) is 19.7. The van der Waals surface area contributed by atoms with Crippen molar-refractivity contribution < 1.29 is 9.53 Å². The number of carbonyl (C=O) groups excluding carboxylic acids is 1. The molecule has 2 N–H and O–H groups in total. The minimum absolute atomic E-state index is 0.0936. The van der Waals surface area contributed by atoms with Gasteiger partial charge in [0.2, 0.25) is 0 Å². The van der Waals surface area contributed by atoms with Crippen LogP contribution in [0.5, 0.6) is 5.75 Å². The van der Waals surface area contributed by atoms with E-state index in [0.29, 0.717) is 34.3 Å². The van der Waals surface area contributed by atoms with Crippen molar-refractivity contribution in [3.63, 3.8) is 0 Å². The summed E-state index contributed by atoms with van der Waals surface area (Å²) in [5, 5.41) is 3.90. The molecule has 0 radical (unpaired) electrons. The molecule has 0 bridgehead atoms. The van der Waals surface area contributed by atoms with Gasteiger partial charge in [-0.05, 0) is 37.0 Å². The van der Waals surface area contributed by atoms with Gasteiger partial charge in [-0.15, -0.1) is 0 Å². The molecule has 0 fully saturated rings. The van der Waals surface area contributed by atoms with Gasteiger partial charge in [-0.25, -0.2) is 4.98 Å². The molecular formula is C21H23N3O3S. The quantitative estimate of drug-likeness (QED) is 0.589. The predicted molar refractivity (Wildman–Crippen MR) is 110 cm³/mol. The van der Waals surface area contributed by atoms with Crippen LogP contribution < -0.4 is 15.6 Å². The smallest absolute Gasteiger partial charge is 0.257 e. The number of thioether (sulfide) groups is 1. The van der Waals surface area contributed by atoms with E-state index in [2.05, 4.69) is 22.2 Å². The second-order valence-corrected chi connectivity index (χ2v) is 8.07. The third-order valence-corrected chi connectivity index (χ3v) is 6.19. The second kappa shape index (κ2) is 7.83. The standard InChI is InChI=1S/C21H23N3O3S/c1-3-10-28-21-23-19-18(20(26)24-21)16(12-6-4-7-13(11-12)27-2)17-14(22-19)8-5-9-15(17)25/h4,6-7,11,16H,3,5,8-10H2,1-2H3,(H2,22,23,24,26)/t16-/m1/s1. The van der Waals surface area contributed by atoms with E-state index < -0.39 is 5.92 Å². The highest BCUT2D eigenvalue weighted by Gasteiger charge is 2.37. The van der Waals surface area contributed by atoms with E-state index in [1.165, 1.54) is 11.8 Å². The number of methoxy groups -OCH3 is 1. The number of ketones is 1. The summed E-state index contributed by atoms with van der Waals surface area (Å²) in [4.78, 5) is 33.4. The number of aromatic amines is 1. The van der Waals surface area contributed by atoms with Crippen LogP contribution >= 0.6 is 11.8 Å². The molecule has 1 aliphatic carbocycles. The zero-order valence-electron chi connectivity index (χ0n) is 16.0. The molecule has 2 aromatic rings. The maximum Gasteiger partial charge on any atom is 0.257 e. The number of fused-ring (bicyclic) bond motifs is 1. The molecule has 2 heterocycles. The van der Waals surface area contributed by atoms with Crippen molar-refractivity contribution >= 4 is 23.4 Å². The minimum Gasteiger partial charge on any atom is -0.497 e. The van der Waals surface area contributed by atoms with Crippen LogP contribution in [-0.2, 0) is 4.79 Å². The van der Waals surface area contributed by atoms with Crippen molar-refractivity contribution in [3.8, 4) is 5.75 Å². The number of nitrogens with one attached hydrogen (secondary N) is 2. The Morgan fingerprint density at radius 2 is 2.14 bits per heavy atom. The van der Waals surface area contributed by atoms with Crippen LogP contribution in [0.25, 0.3) is 0 Å². The Morgan fingerprint density at radius 1 is 1.29 bits per heavy atom. The Kier molecular flexibility index (Phi) is 5.26. The van der Waals surface area contributed by atoms with Gasteiger partial charge in [0.25, 0.3) is 5.56 Å². The zero-order valence-corrected chi connectivity index (χ0v) is 16.8. The van der Waals surface area contributed by atoms with Crippen LogP contribution in [0.15, 0.2) is 45.5 Å². The molecule has 0 saturated carbocycles. The molecule has 28 heavy (non-hydrogen) atoms. The summed E-state index contributed by atoms with van der Waals surface area (Å²) >= 11 is 1.53. The lowest BCUT2D eigenvalue weighted by Crippen LogP contribution is -2.32. The molecule has 0 amide bonds. The first kappa shape index (κ1) is 18.8. The summed E-state index contributed by atoms with van der Waals surface area (Å²) in [5.41, 5.74) is 2.75. The molecule has 1 aromatic carbocycles. The van der Waals surface area contributed by atoms with Gasteiger partial charge in [0, 0.05) is 29.4 Å². The Balaban J connectivity index is 1.90. The number of nitrogens with zero attached hydrogens (tertiary/aromatic N) is 1. The van der Waals surface area contributed by atoms with Gasteiger partial charge in [0.1, 0.15) is 11.6 Å². The summed E-state index contributed by atoms with van der Waals surface area (Å²) in [6, 6.07) is 7.58. The number of allylic oxidation sites excluding steroid dienone is 2. The van der Waals surface area contributed by atoms with Crippen molar-refractivity contribution in [2.75, 3.05) is 18.2 Å². The fraction of sp³-hybridized carbons (Fsp3) is 0.381. The first-order valence-electron chi connectivity index (χ1n) is 9.56. The molecule has 0 saturated heterocycles. The number of hydrogen-bond acceptors (Lipinski definition) is 6. The van der Waals surface area contributed by atoms with Gasteiger partial charge in [0.15, 0.2) is 10.9 Å². The van der Waals surface area contributed by atoms with Gasteiger partial charge in [-0.1, -0.05) is 30.8 Å². The van der Waals surface area contributed by atoms with E-state index in [9.17, 15) is 9.59 Å². The van der Waals surface area contributed by atoms with E-state index in [4.69, 9.17) is 4.74 Å². The molecule has 6 nitrogen and oxygen atoms in total. The molecule has 4 rings (SSSR count). The topological polar surface area (TPSA) is 84.1 Å². The molecule has 1 atom stereocenters. The van der Waals surface area contributed by atoms with Crippen molar-refractivity contribution in [3.05, 3.63) is 57.0 Å². The van der Waals surface area contributed by atoms with Crippen molar-refractivity contribution in [1.29, 1.82) is 0 Å². The van der Waals surface area contributed by atoms with E-state index >= 15 is 0 Å². The van der Waals surface area contributed by atoms with E-state index in [0.717, 1.165) is 36.3 Å². The molecule has 7 heteroatoms. The monoisotopic (exact) mass is 397 g/mol. The summed E-state index contributed by atoms with van der Waals surface area (Å²) < 4.78 is 5.37. The van der Waals surface area contributed by atoms with Gasteiger partial charge < -0.3 is 15.0 Å². The largest absolute Gasteiger partial charge is 0.497 e. The maximum absolute atomic E-state index is 13.1. The molecule has 0 spiro atoms. The Morgan fingerprint density at radius 3 is 2.93 bits per heavy atom. The van der Waals surface area contributed by atoms with Crippen LogP contribution in [0.3, 0.4) is 0 Å². The lowest BCUT2D eigenvalue weighted by Gasteiger charge is -2.32. The number of H-pyrrole nitrogens is 1. The molecule has 2 aliphatic rings. The first-order valence-corrected chi connectivity index (χ1v) is 10.5. The van der Waals surface area contributed by atoms with Crippen molar-refractivity contribution in [2.45, 2.75) is 43.7 Å². The van der Waals surface area contributed by atoms with Crippen LogP contribution in [-0.4, -0.2) is 28.6 Å². The number of ether oxygens (including phenoxy) is 1. The van der Waals surface area contributed by atoms with Crippen LogP contribution in [0.1, 0.15) is 49.7 Å². The normalized spacial score (nSPS) is 18.4. The number of benzene rings is 1. The highest BCUT2D eigenvalue weighted by atomic mass is 32.2. The lowest BCUT2D eigenvalue weighted by molar-refractivity contribution is -0.116. The number of hydrogen-bond donors (Lipinski definition) is 2.